The predicted octanol–water partition coefficient (Wildman–Crippen LogP) is 3.64. The fraction of sp³-hybridized carbons (Fsp3) is 0.435. The van der Waals surface area contributed by atoms with Gasteiger partial charge in [0.1, 0.15) is 12.4 Å². The zero-order valence-electron chi connectivity index (χ0n) is 16.4. The Morgan fingerprint density at radius 2 is 1.86 bits per heavy atom. The van der Waals surface area contributed by atoms with E-state index >= 15 is 0 Å². The predicted molar refractivity (Wildman–Crippen MR) is 111 cm³/mol. The molecule has 2 N–H and O–H groups in total. The first kappa shape index (κ1) is 18.8. The molecule has 3 atom stereocenters. The number of benzene rings is 2. The van der Waals surface area contributed by atoms with E-state index in [1.807, 2.05) is 36.4 Å². The van der Waals surface area contributed by atoms with Gasteiger partial charge in [-0.05, 0) is 49.4 Å². The third-order valence-electron chi connectivity index (χ3n) is 5.44. The maximum absolute atomic E-state index is 5.96. The standard InChI is InChI=1S/C23H29N3O2/c1-2-24-23(26-21-14-20-12-13-22(21)28-20)25-15-17-8-6-7-9-18(17)16-27-19-10-4-3-5-11-19/h3-11,20-22H,2,12-16H2,1H3,(H2,24,25,26). The minimum atomic E-state index is 0.334. The van der Waals surface area contributed by atoms with Crippen molar-refractivity contribution >= 4 is 5.96 Å². The normalized spacial score (nSPS) is 23.6. The number of nitrogens with zero attached hydrogens (tertiary/aromatic N) is 1. The van der Waals surface area contributed by atoms with Crippen molar-refractivity contribution in [3.8, 4) is 5.75 Å². The SMILES string of the molecule is CCNC(=NCc1ccccc1COc1ccccc1)NC1CC2CCC1O2. The van der Waals surface area contributed by atoms with Crippen molar-refractivity contribution in [2.24, 2.45) is 4.99 Å². The molecule has 5 heteroatoms. The molecule has 0 saturated carbocycles. The first-order valence-corrected chi connectivity index (χ1v) is 10.3. The second-order valence-electron chi connectivity index (χ2n) is 7.43. The van der Waals surface area contributed by atoms with Crippen LogP contribution in [0.2, 0.25) is 0 Å². The summed E-state index contributed by atoms with van der Waals surface area (Å²) >= 11 is 0. The summed E-state index contributed by atoms with van der Waals surface area (Å²) in [5.41, 5.74) is 2.34. The molecule has 2 aromatic carbocycles. The van der Waals surface area contributed by atoms with Crippen LogP contribution >= 0.6 is 0 Å². The highest BCUT2D eigenvalue weighted by molar-refractivity contribution is 5.80. The minimum absolute atomic E-state index is 0.334. The van der Waals surface area contributed by atoms with E-state index in [-0.39, 0.29) is 0 Å². The molecule has 2 aromatic rings. The van der Waals surface area contributed by atoms with E-state index < -0.39 is 0 Å². The van der Waals surface area contributed by atoms with Crippen molar-refractivity contribution in [1.29, 1.82) is 0 Å². The van der Waals surface area contributed by atoms with Crippen LogP contribution in [-0.2, 0) is 17.9 Å². The second kappa shape index (κ2) is 9.11. The molecule has 2 fully saturated rings. The molecular formula is C23H29N3O2. The van der Waals surface area contributed by atoms with Gasteiger partial charge in [-0.15, -0.1) is 0 Å². The largest absolute Gasteiger partial charge is 0.489 e. The lowest BCUT2D eigenvalue weighted by Crippen LogP contribution is -2.47. The van der Waals surface area contributed by atoms with E-state index in [1.54, 1.807) is 0 Å². The number of guanidine groups is 1. The van der Waals surface area contributed by atoms with E-state index in [0.29, 0.717) is 31.4 Å². The molecule has 4 rings (SSSR count). The van der Waals surface area contributed by atoms with Gasteiger partial charge in [-0.1, -0.05) is 42.5 Å². The smallest absolute Gasteiger partial charge is 0.191 e. The Labute approximate surface area is 167 Å². The molecule has 148 valence electrons. The van der Waals surface area contributed by atoms with Gasteiger partial charge in [-0.25, -0.2) is 4.99 Å². The van der Waals surface area contributed by atoms with Gasteiger partial charge in [0, 0.05) is 6.54 Å². The lowest BCUT2D eigenvalue weighted by atomic mass is 9.96. The quantitative estimate of drug-likeness (QED) is 0.570. The summed E-state index contributed by atoms with van der Waals surface area (Å²) in [4.78, 5) is 4.83. The lowest BCUT2D eigenvalue weighted by molar-refractivity contribution is 0.0992. The van der Waals surface area contributed by atoms with Crippen LogP contribution in [0.3, 0.4) is 0 Å². The summed E-state index contributed by atoms with van der Waals surface area (Å²) in [5, 5.41) is 6.95. The molecule has 28 heavy (non-hydrogen) atoms. The van der Waals surface area contributed by atoms with Gasteiger partial charge in [-0.2, -0.15) is 0 Å². The number of nitrogens with one attached hydrogen (secondary N) is 2. The van der Waals surface area contributed by atoms with Crippen molar-refractivity contribution in [3.63, 3.8) is 0 Å². The number of hydrogen-bond acceptors (Lipinski definition) is 3. The van der Waals surface area contributed by atoms with Crippen molar-refractivity contribution in [1.82, 2.24) is 10.6 Å². The molecule has 2 saturated heterocycles. The molecule has 0 amide bonds. The Morgan fingerprint density at radius 3 is 2.57 bits per heavy atom. The van der Waals surface area contributed by atoms with Crippen LogP contribution in [0.5, 0.6) is 5.75 Å². The molecule has 0 aliphatic carbocycles. The van der Waals surface area contributed by atoms with Crippen molar-refractivity contribution in [2.75, 3.05) is 6.54 Å². The number of rotatable bonds is 7. The molecule has 0 aromatic heterocycles. The number of ether oxygens (including phenoxy) is 2. The van der Waals surface area contributed by atoms with E-state index in [9.17, 15) is 0 Å². The van der Waals surface area contributed by atoms with E-state index in [0.717, 1.165) is 36.7 Å². The molecule has 0 radical (unpaired) electrons. The maximum Gasteiger partial charge on any atom is 0.191 e. The number of hydrogen-bond donors (Lipinski definition) is 2. The van der Waals surface area contributed by atoms with Gasteiger partial charge in [0.05, 0.1) is 24.8 Å². The third kappa shape index (κ3) is 4.65. The molecule has 5 nitrogen and oxygen atoms in total. The lowest BCUT2D eigenvalue weighted by Gasteiger charge is -2.22. The highest BCUT2D eigenvalue weighted by Crippen LogP contribution is 2.34. The molecule has 3 unspecified atom stereocenters. The van der Waals surface area contributed by atoms with E-state index in [1.165, 1.54) is 12.0 Å². The van der Waals surface area contributed by atoms with Crippen LogP contribution in [0.1, 0.15) is 37.3 Å². The number of aliphatic imine (C=N–C) groups is 1. The highest BCUT2D eigenvalue weighted by atomic mass is 16.5. The van der Waals surface area contributed by atoms with E-state index in [2.05, 4.69) is 35.8 Å². The van der Waals surface area contributed by atoms with Gasteiger partial charge in [0.2, 0.25) is 0 Å². The van der Waals surface area contributed by atoms with Crippen LogP contribution in [0.15, 0.2) is 59.6 Å². The number of fused-ring (bicyclic) bond motifs is 2. The Morgan fingerprint density at radius 1 is 1.07 bits per heavy atom. The molecule has 2 aliphatic rings. The van der Waals surface area contributed by atoms with Crippen LogP contribution < -0.4 is 15.4 Å². The van der Waals surface area contributed by atoms with Gasteiger partial charge < -0.3 is 20.1 Å². The Hall–Kier alpha value is -2.53. The first-order chi connectivity index (χ1) is 13.8. The third-order valence-corrected chi connectivity index (χ3v) is 5.44. The van der Waals surface area contributed by atoms with Crippen LogP contribution in [0, 0.1) is 0 Å². The van der Waals surface area contributed by atoms with Crippen LogP contribution in [0.25, 0.3) is 0 Å². The fourth-order valence-electron chi connectivity index (χ4n) is 3.98. The summed E-state index contributed by atoms with van der Waals surface area (Å²) in [5.74, 6) is 1.74. The zero-order chi connectivity index (χ0) is 19.2. The molecule has 0 spiro atoms. The summed E-state index contributed by atoms with van der Waals surface area (Å²) in [7, 11) is 0. The fourth-order valence-corrected chi connectivity index (χ4v) is 3.98. The first-order valence-electron chi connectivity index (χ1n) is 10.3. The molecule has 2 heterocycles. The Balaban J connectivity index is 1.40. The monoisotopic (exact) mass is 379 g/mol. The second-order valence-corrected chi connectivity index (χ2v) is 7.43. The summed E-state index contributed by atoms with van der Waals surface area (Å²) in [6.45, 7) is 4.09. The summed E-state index contributed by atoms with van der Waals surface area (Å²) in [6, 6.07) is 18.6. The molecule has 2 bridgehead atoms. The van der Waals surface area contributed by atoms with Crippen LogP contribution in [-0.4, -0.2) is 30.8 Å². The van der Waals surface area contributed by atoms with E-state index in [4.69, 9.17) is 14.5 Å². The van der Waals surface area contributed by atoms with Gasteiger partial charge in [0.15, 0.2) is 5.96 Å². The van der Waals surface area contributed by atoms with Crippen LogP contribution in [0.4, 0.5) is 0 Å². The molecule has 2 aliphatic heterocycles. The van der Waals surface area contributed by atoms with Gasteiger partial charge in [0.25, 0.3) is 0 Å². The summed E-state index contributed by atoms with van der Waals surface area (Å²) in [6.07, 6.45) is 4.20. The topological polar surface area (TPSA) is 54.9 Å². The van der Waals surface area contributed by atoms with Gasteiger partial charge in [-0.3, -0.25) is 0 Å². The van der Waals surface area contributed by atoms with Crippen molar-refractivity contribution in [2.45, 2.75) is 57.6 Å². The van der Waals surface area contributed by atoms with Gasteiger partial charge >= 0.3 is 0 Å². The Bertz CT molecular complexity index is 793. The highest BCUT2D eigenvalue weighted by Gasteiger charge is 2.41. The van der Waals surface area contributed by atoms with Crippen molar-refractivity contribution in [3.05, 3.63) is 65.7 Å². The zero-order valence-corrected chi connectivity index (χ0v) is 16.4. The minimum Gasteiger partial charge on any atom is -0.489 e. The van der Waals surface area contributed by atoms with Crippen molar-refractivity contribution < 1.29 is 9.47 Å². The Kier molecular flexibility index (Phi) is 6.12. The average Bonchev–Trinajstić information content (AvgIpc) is 3.35. The molecular weight excluding hydrogens is 350 g/mol. The maximum atomic E-state index is 5.96. The summed E-state index contributed by atoms with van der Waals surface area (Å²) < 4.78 is 11.9. The number of para-hydroxylation sites is 1. The average molecular weight is 380 g/mol.